The third kappa shape index (κ3) is 1.97. The standard InChI is InChI=1S/C6H11NO.ClH/c1-2-3-6(8)4-7-5-6;/h2,7-8H,1,3-5H2;1H. The molecule has 1 rings (SSSR count). The largest absolute Gasteiger partial charge is 0.387 e. The van der Waals surface area contributed by atoms with E-state index >= 15 is 0 Å². The van der Waals surface area contributed by atoms with Crippen molar-refractivity contribution in [1.82, 2.24) is 5.32 Å². The van der Waals surface area contributed by atoms with Gasteiger partial charge >= 0.3 is 0 Å². The van der Waals surface area contributed by atoms with Crippen LogP contribution in [0.1, 0.15) is 6.42 Å². The summed E-state index contributed by atoms with van der Waals surface area (Å²) < 4.78 is 0. The van der Waals surface area contributed by atoms with Crippen LogP contribution in [0, 0.1) is 0 Å². The van der Waals surface area contributed by atoms with Crippen molar-refractivity contribution in [3.8, 4) is 0 Å². The summed E-state index contributed by atoms with van der Waals surface area (Å²) >= 11 is 0. The number of β-amino-alcohol motifs (C(OH)–C–C–N with tert-alkyl or cyclic N) is 1. The van der Waals surface area contributed by atoms with Gasteiger partial charge in [0.05, 0.1) is 5.60 Å². The lowest BCUT2D eigenvalue weighted by atomic mass is 9.93. The van der Waals surface area contributed by atoms with Crippen LogP contribution in [0.5, 0.6) is 0 Å². The van der Waals surface area contributed by atoms with Gasteiger partial charge in [-0.3, -0.25) is 0 Å². The van der Waals surface area contributed by atoms with E-state index in [1.165, 1.54) is 0 Å². The lowest BCUT2D eigenvalue weighted by Crippen LogP contribution is -2.58. The summed E-state index contributed by atoms with van der Waals surface area (Å²) in [5.74, 6) is 0. The van der Waals surface area contributed by atoms with Gasteiger partial charge < -0.3 is 10.4 Å². The summed E-state index contributed by atoms with van der Waals surface area (Å²) in [6.07, 6.45) is 2.46. The summed E-state index contributed by atoms with van der Waals surface area (Å²) in [5, 5.41) is 12.3. The van der Waals surface area contributed by atoms with E-state index in [1.54, 1.807) is 6.08 Å². The predicted octanol–water partition coefficient (Wildman–Crippen LogP) is 0.319. The van der Waals surface area contributed by atoms with Gasteiger partial charge in [0.1, 0.15) is 0 Å². The molecule has 1 aliphatic rings. The Morgan fingerprint density at radius 1 is 1.67 bits per heavy atom. The second kappa shape index (κ2) is 3.20. The van der Waals surface area contributed by atoms with Crippen LogP contribution in [-0.2, 0) is 0 Å². The zero-order valence-electron chi connectivity index (χ0n) is 5.26. The smallest absolute Gasteiger partial charge is 0.0929 e. The molecular formula is C6H12ClNO. The molecule has 1 saturated heterocycles. The van der Waals surface area contributed by atoms with Crippen LogP contribution in [0.25, 0.3) is 0 Å². The lowest BCUT2D eigenvalue weighted by Gasteiger charge is -2.36. The molecular weight excluding hydrogens is 138 g/mol. The first-order valence-electron chi connectivity index (χ1n) is 2.81. The van der Waals surface area contributed by atoms with Crippen LogP contribution in [0.2, 0.25) is 0 Å². The third-order valence-corrected chi connectivity index (χ3v) is 1.43. The van der Waals surface area contributed by atoms with E-state index in [2.05, 4.69) is 11.9 Å². The summed E-state index contributed by atoms with van der Waals surface area (Å²) in [4.78, 5) is 0. The van der Waals surface area contributed by atoms with Crippen LogP contribution < -0.4 is 5.32 Å². The Balaban J connectivity index is 0.000000640. The first-order valence-corrected chi connectivity index (χ1v) is 2.81. The third-order valence-electron chi connectivity index (χ3n) is 1.43. The highest BCUT2D eigenvalue weighted by molar-refractivity contribution is 5.85. The van der Waals surface area contributed by atoms with Crippen LogP contribution in [0.3, 0.4) is 0 Å². The molecule has 0 radical (unpaired) electrons. The lowest BCUT2D eigenvalue weighted by molar-refractivity contribution is -0.00652. The number of halogens is 1. The molecule has 1 fully saturated rings. The molecule has 0 saturated carbocycles. The molecule has 1 aliphatic heterocycles. The van der Waals surface area contributed by atoms with Crippen molar-refractivity contribution in [2.24, 2.45) is 0 Å². The summed E-state index contributed by atoms with van der Waals surface area (Å²) in [6, 6.07) is 0. The minimum Gasteiger partial charge on any atom is -0.387 e. The van der Waals surface area contributed by atoms with Crippen molar-refractivity contribution in [2.45, 2.75) is 12.0 Å². The molecule has 0 aromatic rings. The SMILES string of the molecule is C=CCC1(O)CNC1.Cl. The number of nitrogens with one attached hydrogen (secondary N) is 1. The Bertz CT molecular complexity index is 101. The maximum atomic E-state index is 9.28. The van der Waals surface area contributed by atoms with Crippen LogP contribution >= 0.6 is 12.4 Å². The van der Waals surface area contributed by atoms with Crippen molar-refractivity contribution in [1.29, 1.82) is 0 Å². The van der Waals surface area contributed by atoms with E-state index in [0.717, 1.165) is 13.1 Å². The Morgan fingerprint density at radius 3 is 2.33 bits per heavy atom. The van der Waals surface area contributed by atoms with E-state index in [-0.39, 0.29) is 12.4 Å². The molecule has 0 amide bonds. The minimum absolute atomic E-state index is 0. The fourth-order valence-electron chi connectivity index (χ4n) is 0.827. The fourth-order valence-corrected chi connectivity index (χ4v) is 0.827. The Labute approximate surface area is 61.4 Å². The average molecular weight is 150 g/mol. The molecule has 0 unspecified atom stereocenters. The highest BCUT2D eigenvalue weighted by atomic mass is 35.5. The first-order chi connectivity index (χ1) is 3.77. The highest BCUT2D eigenvalue weighted by Crippen LogP contribution is 2.14. The molecule has 0 bridgehead atoms. The molecule has 2 N–H and O–H groups in total. The molecule has 54 valence electrons. The van der Waals surface area contributed by atoms with Gasteiger partial charge in [-0.2, -0.15) is 0 Å². The molecule has 2 nitrogen and oxygen atoms in total. The summed E-state index contributed by atoms with van der Waals surface area (Å²) in [5.41, 5.74) is -0.457. The fraction of sp³-hybridized carbons (Fsp3) is 0.667. The predicted molar refractivity (Wildman–Crippen MR) is 39.9 cm³/mol. The molecule has 0 aliphatic carbocycles. The van der Waals surface area contributed by atoms with Gasteiger partial charge in [-0.05, 0) is 6.42 Å². The Hall–Kier alpha value is -0.0500. The normalized spacial score (nSPS) is 21.4. The minimum atomic E-state index is -0.457. The van der Waals surface area contributed by atoms with E-state index < -0.39 is 5.60 Å². The zero-order chi connectivity index (χ0) is 6.04. The van der Waals surface area contributed by atoms with Gasteiger partial charge in [-0.15, -0.1) is 19.0 Å². The van der Waals surface area contributed by atoms with E-state index in [4.69, 9.17) is 0 Å². The second-order valence-electron chi connectivity index (χ2n) is 2.32. The number of hydrogen-bond donors (Lipinski definition) is 2. The van der Waals surface area contributed by atoms with Gasteiger partial charge in [0.25, 0.3) is 0 Å². The van der Waals surface area contributed by atoms with Gasteiger partial charge in [0, 0.05) is 13.1 Å². The maximum Gasteiger partial charge on any atom is 0.0929 e. The van der Waals surface area contributed by atoms with Crippen molar-refractivity contribution < 1.29 is 5.11 Å². The van der Waals surface area contributed by atoms with E-state index in [9.17, 15) is 5.11 Å². The van der Waals surface area contributed by atoms with Crippen molar-refractivity contribution in [3.05, 3.63) is 12.7 Å². The summed E-state index contributed by atoms with van der Waals surface area (Å²) in [7, 11) is 0. The van der Waals surface area contributed by atoms with Crippen molar-refractivity contribution in [2.75, 3.05) is 13.1 Å². The molecule has 0 aromatic carbocycles. The van der Waals surface area contributed by atoms with E-state index in [1.807, 2.05) is 0 Å². The molecule has 1 heterocycles. The molecule has 9 heavy (non-hydrogen) atoms. The monoisotopic (exact) mass is 149 g/mol. The first kappa shape index (κ1) is 8.95. The molecule has 0 atom stereocenters. The molecule has 3 heteroatoms. The van der Waals surface area contributed by atoms with Gasteiger partial charge in [0.2, 0.25) is 0 Å². The topological polar surface area (TPSA) is 32.3 Å². The Morgan fingerprint density at radius 2 is 2.22 bits per heavy atom. The molecule has 0 spiro atoms. The van der Waals surface area contributed by atoms with Crippen LogP contribution in [-0.4, -0.2) is 23.8 Å². The quantitative estimate of drug-likeness (QED) is 0.555. The van der Waals surface area contributed by atoms with Crippen LogP contribution in [0.4, 0.5) is 0 Å². The van der Waals surface area contributed by atoms with Crippen molar-refractivity contribution in [3.63, 3.8) is 0 Å². The Kier molecular flexibility index (Phi) is 3.18. The second-order valence-corrected chi connectivity index (χ2v) is 2.32. The average Bonchev–Trinajstić information content (AvgIpc) is 1.64. The van der Waals surface area contributed by atoms with Gasteiger partial charge in [0.15, 0.2) is 0 Å². The number of hydrogen-bond acceptors (Lipinski definition) is 2. The number of rotatable bonds is 2. The van der Waals surface area contributed by atoms with Crippen molar-refractivity contribution >= 4 is 12.4 Å². The van der Waals surface area contributed by atoms with Crippen LogP contribution in [0.15, 0.2) is 12.7 Å². The summed E-state index contributed by atoms with van der Waals surface area (Å²) in [6.45, 7) is 4.98. The van der Waals surface area contributed by atoms with Gasteiger partial charge in [-0.25, -0.2) is 0 Å². The van der Waals surface area contributed by atoms with Gasteiger partial charge in [-0.1, -0.05) is 6.08 Å². The maximum absolute atomic E-state index is 9.28. The zero-order valence-corrected chi connectivity index (χ0v) is 6.08. The number of aliphatic hydroxyl groups is 1. The molecule has 0 aromatic heterocycles. The highest BCUT2D eigenvalue weighted by Gasteiger charge is 2.32. The van der Waals surface area contributed by atoms with E-state index in [0.29, 0.717) is 6.42 Å².